The van der Waals surface area contributed by atoms with E-state index in [2.05, 4.69) is 15.3 Å². The molecule has 0 radical (unpaired) electrons. The van der Waals surface area contributed by atoms with Crippen molar-refractivity contribution < 1.29 is 13.2 Å². The smallest absolute Gasteiger partial charge is 0.238 e. The highest BCUT2D eigenvalue weighted by atomic mass is 35.5. The molecule has 4 rings (SSSR count). The summed E-state index contributed by atoms with van der Waals surface area (Å²) in [4.78, 5) is 21.9. The molecule has 158 valence electrons. The van der Waals surface area contributed by atoms with Crippen LogP contribution in [0.5, 0.6) is 0 Å². The van der Waals surface area contributed by atoms with Crippen molar-refractivity contribution in [3.05, 3.63) is 65.3 Å². The maximum atomic E-state index is 12.4. The first-order valence-electron chi connectivity index (χ1n) is 8.85. The van der Waals surface area contributed by atoms with Crippen molar-refractivity contribution in [1.82, 2.24) is 9.97 Å². The summed E-state index contributed by atoms with van der Waals surface area (Å²) < 4.78 is 22.7. The molecule has 2 aromatic heterocycles. The van der Waals surface area contributed by atoms with Gasteiger partial charge in [0.25, 0.3) is 0 Å². The van der Waals surface area contributed by atoms with Crippen molar-refractivity contribution in [3.8, 4) is 11.1 Å². The van der Waals surface area contributed by atoms with Crippen LogP contribution in [0.25, 0.3) is 21.3 Å². The summed E-state index contributed by atoms with van der Waals surface area (Å²) in [7, 11) is -3.78. The van der Waals surface area contributed by atoms with Gasteiger partial charge < -0.3 is 5.32 Å². The van der Waals surface area contributed by atoms with E-state index in [1.165, 1.54) is 53.7 Å². The Morgan fingerprint density at radius 3 is 2.48 bits per heavy atom. The second-order valence-corrected chi connectivity index (χ2v) is 10.2. The van der Waals surface area contributed by atoms with Gasteiger partial charge in [-0.1, -0.05) is 35.5 Å². The van der Waals surface area contributed by atoms with Crippen LogP contribution < -0.4 is 10.5 Å². The monoisotopic (exact) mass is 490 g/mol. The number of rotatable bonds is 6. The van der Waals surface area contributed by atoms with Crippen LogP contribution in [0.3, 0.4) is 0 Å². The Morgan fingerprint density at radius 1 is 1.10 bits per heavy atom. The third-order valence-electron chi connectivity index (χ3n) is 4.30. The first-order valence-corrected chi connectivity index (χ1v) is 12.6. The van der Waals surface area contributed by atoms with Crippen LogP contribution in [-0.2, 0) is 14.8 Å². The minimum atomic E-state index is -3.78. The molecule has 0 aliphatic heterocycles. The van der Waals surface area contributed by atoms with Gasteiger partial charge in [0.1, 0.15) is 16.2 Å². The van der Waals surface area contributed by atoms with Gasteiger partial charge in [0, 0.05) is 21.7 Å². The fourth-order valence-electron chi connectivity index (χ4n) is 2.86. The van der Waals surface area contributed by atoms with Gasteiger partial charge in [-0.2, -0.15) is 0 Å². The zero-order chi connectivity index (χ0) is 22.0. The molecule has 0 fully saturated rings. The molecule has 7 nitrogen and oxygen atoms in total. The zero-order valence-corrected chi connectivity index (χ0v) is 19.0. The van der Waals surface area contributed by atoms with Crippen molar-refractivity contribution >= 4 is 66.5 Å². The van der Waals surface area contributed by atoms with Gasteiger partial charge in [-0.25, -0.2) is 23.5 Å². The number of amides is 1. The third-order valence-corrected chi connectivity index (χ3v) is 7.35. The SMILES string of the molecule is NS(=O)(=O)c1ccc(NC(=O)CSc2ncnc3scc(-c4ccc(Cl)cc4)c23)cc1. The summed E-state index contributed by atoms with van der Waals surface area (Å²) in [5, 5.41) is 12.1. The standard InChI is InChI=1S/C20H15ClN4O3S3/c21-13-3-1-12(2-4-13)16-9-29-19-18(16)20(24-11-23-19)30-10-17(26)25-14-5-7-15(8-6-14)31(22,27)28/h1-9,11H,10H2,(H,25,26)(H2,22,27,28). The van der Waals surface area contributed by atoms with E-state index < -0.39 is 10.0 Å². The normalized spacial score (nSPS) is 11.5. The van der Waals surface area contributed by atoms with E-state index in [4.69, 9.17) is 16.7 Å². The number of sulfonamides is 1. The lowest BCUT2D eigenvalue weighted by atomic mass is 10.1. The maximum Gasteiger partial charge on any atom is 0.238 e. The third kappa shape index (κ3) is 5.05. The quantitative estimate of drug-likeness (QED) is 0.306. The van der Waals surface area contributed by atoms with Gasteiger partial charge in [-0.05, 0) is 42.0 Å². The van der Waals surface area contributed by atoms with E-state index in [0.29, 0.717) is 15.7 Å². The first-order chi connectivity index (χ1) is 14.8. The molecular weight excluding hydrogens is 476 g/mol. The average molecular weight is 491 g/mol. The lowest BCUT2D eigenvalue weighted by Crippen LogP contribution is -2.15. The largest absolute Gasteiger partial charge is 0.325 e. The van der Waals surface area contributed by atoms with Crippen molar-refractivity contribution in [2.24, 2.45) is 5.14 Å². The van der Waals surface area contributed by atoms with Gasteiger partial charge >= 0.3 is 0 Å². The van der Waals surface area contributed by atoms with E-state index in [0.717, 1.165) is 21.3 Å². The minimum absolute atomic E-state index is 0.0181. The molecule has 0 unspecified atom stereocenters. The number of nitrogens with one attached hydrogen (secondary N) is 1. The molecule has 0 aliphatic carbocycles. The van der Waals surface area contributed by atoms with E-state index in [9.17, 15) is 13.2 Å². The minimum Gasteiger partial charge on any atom is -0.325 e. The summed E-state index contributed by atoms with van der Waals surface area (Å²) in [5.41, 5.74) is 2.45. The fourth-order valence-corrected chi connectivity index (χ4v) is 5.29. The van der Waals surface area contributed by atoms with Gasteiger partial charge in [0.15, 0.2) is 0 Å². The van der Waals surface area contributed by atoms with Crippen LogP contribution in [0, 0.1) is 0 Å². The van der Waals surface area contributed by atoms with E-state index in [1.54, 1.807) is 0 Å². The van der Waals surface area contributed by atoms with Crippen LogP contribution in [0.2, 0.25) is 5.02 Å². The predicted molar refractivity (Wildman–Crippen MR) is 125 cm³/mol. The van der Waals surface area contributed by atoms with Crippen LogP contribution in [0.4, 0.5) is 5.69 Å². The number of aromatic nitrogens is 2. The summed E-state index contributed by atoms with van der Waals surface area (Å²) in [6.07, 6.45) is 1.48. The van der Waals surface area contributed by atoms with Crippen molar-refractivity contribution in [2.75, 3.05) is 11.1 Å². The number of benzene rings is 2. The number of anilines is 1. The number of halogens is 1. The molecule has 0 saturated carbocycles. The summed E-state index contributed by atoms with van der Waals surface area (Å²) in [6, 6.07) is 13.2. The number of hydrogen-bond acceptors (Lipinski definition) is 7. The van der Waals surface area contributed by atoms with Crippen molar-refractivity contribution in [3.63, 3.8) is 0 Å². The topological polar surface area (TPSA) is 115 Å². The Kier molecular flexibility index (Phi) is 6.26. The Balaban J connectivity index is 1.50. The molecule has 11 heteroatoms. The number of fused-ring (bicyclic) bond motifs is 1. The van der Waals surface area contributed by atoms with Gasteiger partial charge in [-0.3, -0.25) is 4.79 Å². The highest BCUT2D eigenvalue weighted by Gasteiger charge is 2.15. The van der Waals surface area contributed by atoms with Gasteiger partial charge in [0.2, 0.25) is 15.9 Å². The van der Waals surface area contributed by atoms with E-state index in [1.807, 2.05) is 29.6 Å². The lowest BCUT2D eigenvalue weighted by Gasteiger charge is -2.07. The molecule has 2 aromatic carbocycles. The average Bonchev–Trinajstić information content (AvgIpc) is 3.17. The van der Waals surface area contributed by atoms with E-state index in [-0.39, 0.29) is 16.6 Å². The molecular formula is C20H15ClN4O3S3. The number of hydrogen-bond donors (Lipinski definition) is 2. The second-order valence-electron chi connectivity index (χ2n) is 6.42. The van der Waals surface area contributed by atoms with Gasteiger partial charge in [-0.15, -0.1) is 11.3 Å². The Morgan fingerprint density at radius 2 is 1.81 bits per heavy atom. The second kappa shape index (κ2) is 8.93. The molecule has 0 bridgehead atoms. The number of primary sulfonamides is 1. The highest BCUT2D eigenvalue weighted by Crippen LogP contribution is 2.38. The van der Waals surface area contributed by atoms with Crippen LogP contribution in [0.15, 0.2) is 70.2 Å². The van der Waals surface area contributed by atoms with E-state index >= 15 is 0 Å². The van der Waals surface area contributed by atoms with Crippen LogP contribution in [-0.4, -0.2) is 30.0 Å². The maximum absolute atomic E-state index is 12.4. The van der Waals surface area contributed by atoms with Crippen LogP contribution in [0.1, 0.15) is 0 Å². The summed E-state index contributed by atoms with van der Waals surface area (Å²) in [6.45, 7) is 0. The zero-order valence-electron chi connectivity index (χ0n) is 15.8. The molecule has 1 amide bonds. The number of thiophene rings is 1. The molecule has 31 heavy (non-hydrogen) atoms. The molecule has 0 saturated heterocycles. The Bertz CT molecular complexity index is 1350. The van der Waals surface area contributed by atoms with Crippen LogP contribution >= 0.6 is 34.7 Å². The molecule has 0 atom stereocenters. The molecule has 0 aliphatic rings. The van der Waals surface area contributed by atoms with Crippen molar-refractivity contribution in [1.29, 1.82) is 0 Å². The fraction of sp³-hybridized carbons (Fsp3) is 0.0500. The number of carbonyl (C=O) groups excluding carboxylic acids is 1. The van der Waals surface area contributed by atoms with Crippen molar-refractivity contribution in [2.45, 2.75) is 9.92 Å². The Labute approximate surface area is 191 Å². The summed E-state index contributed by atoms with van der Waals surface area (Å²) >= 11 is 8.81. The summed E-state index contributed by atoms with van der Waals surface area (Å²) in [5.74, 6) is -0.123. The first kappa shape index (κ1) is 21.7. The van der Waals surface area contributed by atoms with Gasteiger partial charge in [0.05, 0.1) is 16.0 Å². The molecule has 2 heterocycles. The number of thioether (sulfide) groups is 1. The lowest BCUT2D eigenvalue weighted by molar-refractivity contribution is -0.113. The Hall–Kier alpha value is -2.50. The highest BCUT2D eigenvalue weighted by molar-refractivity contribution is 8.00. The number of nitrogens with two attached hydrogens (primary N) is 1. The molecule has 4 aromatic rings. The number of nitrogens with zero attached hydrogens (tertiary/aromatic N) is 2. The predicted octanol–water partition coefficient (Wildman–Crippen LogP) is 4.39. The molecule has 0 spiro atoms. The molecule has 3 N–H and O–H groups in total. The number of carbonyl (C=O) groups is 1.